The molecule has 3 N–H and O–H groups in total. The van der Waals surface area contributed by atoms with Crippen molar-refractivity contribution in [1.29, 1.82) is 0 Å². The van der Waals surface area contributed by atoms with Crippen molar-refractivity contribution < 1.29 is 4.79 Å². The second kappa shape index (κ2) is 5.44. The maximum Gasteiger partial charge on any atom is 0.255 e. The highest BCUT2D eigenvalue weighted by Crippen LogP contribution is 2.16. The molecule has 0 radical (unpaired) electrons. The molecule has 0 fully saturated rings. The summed E-state index contributed by atoms with van der Waals surface area (Å²) in [6, 6.07) is 7.04. The Bertz CT molecular complexity index is 837. The summed E-state index contributed by atoms with van der Waals surface area (Å²) in [4.78, 5) is 16.6. The number of aryl methyl sites for hydroxylation is 2. The Labute approximate surface area is 127 Å². The molecule has 0 saturated carbocycles. The molecule has 0 aliphatic heterocycles. The van der Waals surface area contributed by atoms with Crippen LogP contribution in [0, 0.1) is 13.8 Å². The van der Waals surface area contributed by atoms with Gasteiger partial charge in [0.2, 0.25) is 5.91 Å². The number of benzene rings is 1. The molecule has 22 heavy (non-hydrogen) atoms. The standard InChI is InChI=1S/C15H16N6O/c1-9-13(10(2)21-8-17-20-15(21)18-9)7-14(22)19-12-5-3-11(16)4-6-12/h3-6,8H,7,16H2,1-2H3,(H,19,22). The molecular formula is C15H16N6O. The summed E-state index contributed by atoms with van der Waals surface area (Å²) in [6.45, 7) is 3.80. The number of anilines is 2. The van der Waals surface area contributed by atoms with Crippen LogP contribution in [0.25, 0.3) is 5.78 Å². The molecule has 0 aliphatic rings. The van der Waals surface area contributed by atoms with Gasteiger partial charge in [0.1, 0.15) is 6.33 Å². The highest BCUT2D eigenvalue weighted by atomic mass is 16.1. The number of nitrogens with two attached hydrogens (primary N) is 1. The van der Waals surface area contributed by atoms with Crippen LogP contribution in [0.2, 0.25) is 0 Å². The Balaban J connectivity index is 1.83. The number of rotatable bonds is 3. The van der Waals surface area contributed by atoms with Gasteiger partial charge in [-0.1, -0.05) is 0 Å². The number of hydrogen-bond donors (Lipinski definition) is 2. The number of nitrogens with one attached hydrogen (secondary N) is 1. The minimum Gasteiger partial charge on any atom is -0.399 e. The summed E-state index contributed by atoms with van der Waals surface area (Å²) in [7, 11) is 0. The van der Waals surface area contributed by atoms with Crippen LogP contribution in [0.15, 0.2) is 30.6 Å². The van der Waals surface area contributed by atoms with E-state index in [1.807, 2.05) is 13.8 Å². The van der Waals surface area contributed by atoms with Crippen LogP contribution in [-0.2, 0) is 11.2 Å². The summed E-state index contributed by atoms with van der Waals surface area (Å²) < 4.78 is 1.78. The minimum atomic E-state index is -0.106. The zero-order valence-electron chi connectivity index (χ0n) is 12.4. The maximum atomic E-state index is 12.2. The van der Waals surface area contributed by atoms with Gasteiger partial charge in [0.05, 0.1) is 6.42 Å². The normalized spacial score (nSPS) is 10.8. The van der Waals surface area contributed by atoms with E-state index in [0.29, 0.717) is 17.2 Å². The lowest BCUT2D eigenvalue weighted by Crippen LogP contribution is -2.17. The van der Waals surface area contributed by atoms with E-state index in [1.165, 1.54) is 0 Å². The van der Waals surface area contributed by atoms with Crippen molar-refractivity contribution in [2.45, 2.75) is 20.3 Å². The van der Waals surface area contributed by atoms with Crippen molar-refractivity contribution in [2.24, 2.45) is 0 Å². The third-order valence-corrected chi connectivity index (χ3v) is 3.56. The van der Waals surface area contributed by atoms with Gasteiger partial charge in [-0.15, -0.1) is 10.2 Å². The highest BCUT2D eigenvalue weighted by molar-refractivity contribution is 5.92. The molecule has 7 heteroatoms. The van der Waals surface area contributed by atoms with Crippen LogP contribution in [0.3, 0.4) is 0 Å². The number of aromatic nitrogens is 4. The predicted octanol–water partition coefficient (Wildman–Crippen LogP) is 1.50. The molecular weight excluding hydrogens is 280 g/mol. The zero-order chi connectivity index (χ0) is 15.7. The number of nitrogen functional groups attached to an aromatic ring is 1. The van der Waals surface area contributed by atoms with Gasteiger partial charge < -0.3 is 11.1 Å². The predicted molar refractivity (Wildman–Crippen MR) is 83.4 cm³/mol. The molecule has 3 aromatic rings. The van der Waals surface area contributed by atoms with Gasteiger partial charge in [-0.2, -0.15) is 0 Å². The molecule has 0 spiro atoms. The molecule has 7 nitrogen and oxygen atoms in total. The van der Waals surface area contributed by atoms with Crippen molar-refractivity contribution in [1.82, 2.24) is 19.6 Å². The summed E-state index contributed by atoms with van der Waals surface area (Å²) >= 11 is 0. The number of nitrogens with zero attached hydrogens (tertiary/aromatic N) is 4. The average Bonchev–Trinajstić information content (AvgIpc) is 2.94. The van der Waals surface area contributed by atoms with Gasteiger partial charge in [0.25, 0.3) is 5.78 Å². The fraction of sp³-hybridized carbons (Fsp3) is 0.200. The second-order valence-electron chi connectivity index (χ2n) is 5.11. The molecule has 0 saturated heterocycles. The first-order valence-corrected chi connectivity index (χ1v) is 6.86. The van der Waals surface area contributed by atoms with Crippen LogP contribution < -0.4 is 11.1 Å². The Kier molecular flexibility index (Phi) is 3.46. The smallest absolute Gasteiger partial charge is 0.255 e. The Hall–Kier alpha value is -2.96. The first-order valence-electron chi connectivity index (χ1n) is 6.86. The van der Waals surface area contributed by atoms with Crippen molar-refractivity contribution in [2.75, 3.05) is 11.1 Å². The summed E-state index contributed by atoms with van der Waals surface area (Å²) in [5, 5.41) is 10.6. The average molecular weight is 296 g/mol. The van der Waals surface area contributed by atoms with Crippen molar-refractivity contribution >= 4 is 23.1 Å². The van der Waals surface area contributed by atoms with E-state index >= 15 is 0 Å². The molecule has 0 atom stereocenters. The monoisotopic (exact) mass is 296 g/mol. The van der Waals surface area contributed by atoms with E-state index in [1.54, 1.807) is 35.0 Å². The van der Waals surface area contributed by atoms with Crippen molar-refractivity contribution in [3.05, 3.63) is 47.5 Å². The lowest BCUT2D eigenvalue weighted by atomic mass is 10.1. The van der Waals surface area contributed by atoms with Gasteiger partial charge in [0.15, 0.2) is 0 Å². The van der Waals surface area contributed by atoms with Crippen molar-refractivity contribution in [3.8, 4) is 0 Å². The molecule has 2 heterocycles. The summed E-state index contributed by atoms with van der Waals surface area (Å²) in [6.07, 6.45) is 1.83. The highest BCUT2D eigenvalue weighted by Gasteiger charge is 2.14. The van der Waals surface area contributed by atoms with Crippen LogP contribution in [0.1, 0.15) is 17.0 Å². The van der Waals surface area contributed by atoms with Gasteiger partial charge in [-0.3, -0.25) is 9.20 Å². The SMILES string of the molecule is Cc1nc2nncn2c(C)c1CC(=O)Nc1ccc(N)cc1. The lowest BCUT2D eigenvalue weighted by molar-refractivity contribution is -0.115. The second-order valence-corrected chi connectivity index (χ2v) is 5.11. The third-order valence-electron chi connectivity index (χ3n) is 3.56. The molecule has 0 bridgehead atoms. The van der Waals surface area contributed by atoms with Crippen LogP contribution in [0.4, 0.5) is 11.4 Å². The van der Waals surface area contributed by atoms with E-state index in [9.17, 15) is 4.79 Å². The molecule has 3 rings (SSSR count). The number of hydrogen-bond acceptors (Lipinski definition) is 5. The zero-order valence-corrected chi connectivity index (χ0v) is 12.4. The fourth-order valence-corrected chi connectivity index (χ4v) is 2.35. The summed E-state index contributed by atoms with van der Waals surface area (Å²) in [5.41, 5.74) is 9.58. The fourth-order valence-electron chi connectivity index (χ4n) is 2.35. The van der Waals surface area contributed by atoms with E-state index in [0.717, 1.165) is 17.0 Å². The lowest BCUT2D eigenvalue weighted by Gasteiger charge is -2.11. The number of amides is 1. The van der Waals surface area contributed by atoms with Gasteiger partial charge in [-0.05, 0) is 38.1 Å². The Morgan fingerprint density at radius 3 is 2.73 bits per heavy atom. The van der Waals surface area contributed by atoms with E-state index in [2.05, 4.69) is 20.5 Å². The van der Waals surface area contributed by atoms with E-state index in [4.69, 9.17) is 5.73 Å². The quantitative estimate of drug-likeness (QED) is 0.714. The maximum absolute atomic E-state index is 12.2. The molecule has 1 aromatic carbocycles. The van der Waals surface area contributed by atoms with Gasteiger partial charge in [-0.25, -0.2) is 4.98 Å². The van der Waals surface area contributed by atoms with Crippen LogP contribution in [-0.4, -0.2) is 25.5 Å². The first-order chi connectivity index (χ1) is 10.5. The summed E-state index contributed by atoms with van der Waals surface area (Å²) in [5.74, 6) is 0.433. The van der Waals surface area contributed by atoms with E-state index in [-0.39, 0.29) is 12.3 Å². The van der Waals surface area contributed by atoms with Crippen LogP contribution >= 0.6 is 0 Å². The van der Waals surface area contributed by atoms with Crippen LogP contribution in [0.5, 0.6) is 0 Å². The topological polar surface area (TPSA) is 98.2 Å². The molecule has 0 aliphatic carbocycles. The largest absolute Gasteiger partial charge is 0.399 e. The first kappa shape index (κ1) is 14.0. The Morgan fingerprint density at radius 1 is 1.27 bits per heavy atom. The molecule has 0 unspecified atom stereocenters. The molecule has 2 aromatic heterocycles. The number of carbonyl (C=O) groups excluding carboxylic acids is 1. The molecule has 1 amide bonds. The van der Waals surface area contributed by atoms with E-state index < -0.39 is 0 Å². The third kappa shape index (κ3) is 2.60. The molecule has 112 valence electrons. The minimum absolute atomic E-state index is 0.106. The Morgan fingerprint density at radius 2 is 2.00 bits per heavy atom. The number of fused-ring (bicyclic) bond motifs is 1. The van der Waals surface area contributed by atoms with Gasteiger partial charge in [0, 0.05) is 28.3 Å². The van der Waals surface area contributed by atoms with Crippen molar-refractivity contribution in [3.63, 3.8) is 0 Å². The van der Waals surface area contributed by atoms with Gasteiger partial charge >= 0.3 is 0 Å². The number of carbonyl (C=O) groups is 1.